The second kappa shape index (κ2) is 6.17. The van der Waals surface area contributed by atoms with E-state index < -0.39 is 14.4 Å². The summed E-state index contributed by atoms with van der Waals surface area (Å²) in [5.41, 5.74) is 0. The fourth-order valence-corrected chi connectivity index (χ4v) is 2.96. The molecule has 1 aliphatic rings. The Morgan fingerprint density at radius 1 is 1.35 bits per heavy atom. The molecule has 4 nitrogen and oxygen atoms in total. The van der Waals surface area contributed by atoms with E-state index in [1.54, 1.807) is 0 Å². The van der Waals surface area contributed by atoms with Gasteiger partial charge < -0.3 is 9.33 Å². The first kappa shape index (κ1) is 14.2. The van der Waals surface area contributed by atoms with Crippen molar-refractivity contribution in [3.8, 4) is 6.07 Å². The van der Waals surface area contributed by atoms with Crippen molar-refractivity contribution in [3.05, 3.63) is 0 Å². The maximum Gasteiger partial charge on any atom is 0.226 e. The summed E-state index contributed by atoms with van der Waals surface area (Å²) in [6.45, 7) is 7.77. The third-order valence-corrected chi connectivity index (χ3v) is 3.70. The Morgan fingerprint density at radius 3 is 2.41 bits per heavy atom. The predicted molar refractivity (Wildman–Crippen MR) is 68.9 cm³/mol. The molecule has 1 unspecified atom stereocenters. The number of carbonyl (C=O) groups is 1. The minimum Gasteiger partial charge on any atom is -0.402 e. The summed E-state index contributed by atoms with van der Waals surface area (Å²) >= 11 is 0. The van der Waals surface area contributed by atoms with E-state index in [2.05, 4.69) is 6.07 Å². The Morgan fingerprint density at radius 2 is 1.94 bits per heavy atom. The number of piperidine rings is 1. The third-order valence-electron chi connectivity index (χ3n) is 2.71. The molecule has 1 rings (SSSR count). The van der Waals surface area contributed by atoms with E-state index in [0.717, 1.165) is 25.9 Å². The first-order valence-electron chi connectivity index (χ1n) is 6.27. The van der Waals surface area contributed by atoms with Gasteiger partial charge in [-0.25, -0.2) is 0 Å². The number of hydrogen-bond donors (Lipinski definition) is 0. The number of amides is 1. The summed E-state index contributed by atoms with van der Waals surface area (Å²) in [6.07, 6.45) is 3.00. The van der Waals surface area contributed by atoms with Crippen LogP contribution in [0.5, 0.6) is 0 Å². The van der Waals surface area contributed by atoms with Crippen LogP contribution < -0.4 is 0 Å². The molecule has 1 aliphatic heterocycles. The summed E-state index contributed by atoms with van der Waals surface area (Å²) in [5, 5.41) is 9.01. The number of nitriles is 1. The minimum atomic E-state index is -1.75. The lowest BCUT2D eigenvalue weighted by Gasteiger charge is -2.28. The van der Waals surface area contributed by atoms with Crippen molar-refractivity contribution in [1.29, 1.82) is 5.26 Å². The molecule has 0 spiro atoms. The highest BCUT2D eigenvalue weighted by molar-refractivity contribution is 6.69. The lowest BCUT2D eigenvalue weighted by Crippen LogP contribution is -2.39. The van der Waals surface area contributed by atoms with Crippen molar-refractivity contribution in [2.75, 3.05) is 13.1 Å². The van der Waals surface area contributed by atoms with Gasteiger partial charge in [0.1, 0.15) is 6.10 Å². The zero-order chi connectivity index (χ0) is 12.9. The van der Waals surface area contributed by atoms with Gasteiger partial charge in [0.05, 0.1) is 12.5 Å². The summed E-state index contributed by atoms with van der Waals surface area (Å²) in [4.78, 5) is 13.8. The molecule has 1 saturated heterocycles. The predicted octanol–water partition coefficient (Wildman–Crippen LogP) is 2.13. The van der Waals surface area contributed by atoms with E-state index in [0.29, 0.717) is 0 Å². The van der Waals surface area contributed by atoms with Crippen LogP contribution in [0.2, 0.25) is 19.6 Å². The smallest absolute Gasteiger partial charge is 0.226 e. The van der Waals surface area contributed by atoms with Gasteiger partial charge in [-0.2, -0.15) is 5.26 Å². The minimum absolute atomic E-state index is 0.0644. The van der Waals surface area contributed by atoms with Crippen molar-refractivity contribution in [2.24, 2.45) is 0 Å². The van der Waals surface area contributed by atoms with Gasteiger partial charge in [0.25, 0.3) is 0 Å². The number of likely N-dealkylation sites (tertiary alicyclic amines) is 1. The summed E-state index contributed by atoms with van der Waals surface area (Å²) in [6, 6.07) is 2.09. The fourth-order valence-electron chi connectivity index (χ4n) is 1.97. The molecule has 0 aromatic heterocycles. The van der Waals surface area contributed by atoms with Crippen LogP contribution in [0, 0.1) is 11.3 Å². The quantitative estimate of drug-likeness (QED) is 0.722. The highest BCUT2D eigenvalue weighted by Crippen LogP contribution is 2.14. The van der Waals surface area contributed by atoms with Crippen LogP contribution in [0.4, 0.5) is 0 Å². The molecule has 0 aliphatic carbocycles. The molecule has 0 saturated carbocycles. The first-order chi connectivity index (χ1) is 7.92. The van der Waals surface area contributed by atoms with E-state index in [-0.39, 0.29) is 12.3 Å². The summed E-state index contributed by atoms with van der Waals surface area (Å²) in [5.74, 6) is 0.0644. The number of hydrogen-bond acceptors (Lipinski definition) is 3. The highest BCUT2D eigenvalue weighted by atomic mass is 28.4. The van der Waals surface area contributed by atoms with Gasteiger partial charge >= 0.3 is 0 Å². The standard InChI is InChI=1S/C12H22N2O2Si/c1-17(2,3)16-11(10-13)9-12(15)14-7-5-4-6-8-14/h11H,4-9H2,1-3H3. The van der Waals surface area contributed by atoms with E-state index >= 15 is 0 Å². The molecule has 0 aromatic carbocycles. The van der Waals surface area contributed by atoms with Gasteiger partial charge in [0.15, 0.2) is 8.32 Å². The second-order valence-corrected chi connectivity index (χ2v) is 9.95. The Balaban J connectivity index is 2.45. The van der Waals surface area contributed by atoms with Crippen LogP contribution >= 0.6 is 0 Å². The second-order valence-electron chi connectivity index (χ2n) is 5.49. The van der Waals surface area contributed by atoms with Crippen LogP contribution in [-0.2, 0) is 9.22 Å². The van der Waals surface area contributed by atoms with Crippen LogP contribution in [0.15, 0.2) is 0 Å². The molecule has 96 valence electrons. The Labute approximate surface area is 105 Å². The van der Waals surface area contributed by atoms with E-state index in [1.807, 2.05) is 24.5 Å². The van der Waals surface area contributed by atoms with Crippen LogP contribution in [0.1, 0.15) is 25.7 Å². The molecule has 1 atom stereocenters. The monoisotopic (exact) mass is 254 g/mol. The molecule has 1 amide bonds. The Kier molecular flexibility index (Phi) is 5.16. The van der Waals surface area contributed by atoms with Crippen LogP contribution in [-0.4, -0.2) is 38.3 Å². The lowest BCUT2D eigenvalue weighted by atomic mass is 10.1. The molecule has 0 bridgehead atoms. The van der Waals surface area contributed by atoms with E-state index in [4.69, 9.17) is 9.69 Å². The number of nitrogens with zero attached hydrogens (tertiary/aromatic N) is 2. The molecule has 1 fully saturated rings. The molecule has 17 heavy (non-hydrogen) atoms. The number of carbonyl (C=O) groups excluding carboxylic acids is 1. The Bertz CT molecular complexity index is 301. The van der Waals surface area contributed by atoms with Crippen molar-refractivity contribution >= 4 is 14.2 Å². The average molecular weight is 254 g/mol. The molecule has 0 N–H and O–H groups in total. The summed E-state index contributed by atoms with van der Waals surface area (Å²) in [7, 11) is -1.75. The van der Waals surface area contributed by atoms with Crippen LogP contribution in [0.25, 0.3) is 0 Å². The normalized spacial score (nSPS) is 18.6. The largest absolute Gasteiger partial charge is 0.402 e. The molecular weight excluding hydrogens is 232 g/mol. The third kappa shape index (κ3) is 5.33. The maximum atomic E-state index is 12.0. The fraction of sp³-hybridized carbons (Fsp3) is 0.833. The Hall–Kier alpha value is -0.863. The van der Waals surface area contributed by atoms with E-state index in [9.17, 15) is 4.79 Å². The van der Waals surface area contributed by atoms with Crippen molar-refractivity contribution in [3.63, 3.8) is 0 Å². The maximum absolute atomic E-state index is 12.0. The van der Waals surface area contributed by atoms with Gasteiger partial charge in [-0.05, 0) is 38.9 Å². The van der Waals surface area contributed by atoms with Gasteiger partial charge in [-0.15, -0.1) is 0 Å². The number of rotatable bonds is 4. The van der Waals surface area contributed by atoms with Crippen LogP contribution in [0.3, 0.4) is 0 Å². The molecule has 0 aromatic rings. The molecule has 5 heteroatoms. The zero-order valence-corrected chi connectivity index (χ0v) is 12.0. The van der Waals surface area contributed by atoms with Crippen molar-refractivity contribution in [1.82, 2.24) is 4.90 Å². The average Bonchev–Trinajstić information content (AvgIpc) is 2.27. The first-order valence-corrected chi connectivity index (χ1v) is 9.68. The van der Waals surface area contributed by atoms with Gasteiger partial charge in [-0.3, -0.25) is 4.79 Å². The molecule has 1 heterocycles. The highest BCUT2D eigenvalue weighted by Gasteiger charge is 2.25. The SMILES string of the molecule is C[Si](C)(C)OC(C#N)CC(=O)N1CCCCC1. The van der Waals surface area contributed by atoms with E-state index in [1.165, 1.54) is 6.42 Å². The molecule has 0 radical (unpaired) electrons. The van der Waals surface area contributed by atoms with Crippen molar-refractivity contribution in [2.45, 2.75) is 51.4 Å². The van der Waals surface area contributed by atoms with Gasteiger partial charge in [0.2, 0.25) is 5.91 Å². The van der Waals surface area contributed by atoms with Crippen molar-refractivity contribution < 1.29 is 9.22 Å². The lowest BCUT2D eigenvalue weighted by molar-refractivity contribution is -0.133. The zero-order valence-electron chi connectivity index (χ0n) is 11.0. The van der Waals surface area contributed by atoms with Gasteiger partial charge in [0, 0.05) is 13.1 Å². The summed E-state index contributed by atoms with van der Waals surface area (Å²) < 4.78 is 5.68. The topological polar surface area (TPSA) is 53.3 Å². The van der Waals surface area contributed by atoms with Gasteiger partial charge in [-0.1, -0.05) is 0 Å². The molecular formula is C12H22N2O2Si.